The highest BCUT2D eigenvalue weighted by Gasteiger charge is 2.39. The van der Waals surface area contributed by atoms with Crippen LogP contribution in [-0.2, 0) is 9.53 Å². The summed E-state index contributed by atoms with van der Waals surface area (Å²) >= 11 is 0. The standard InChI is InChI=1S/C18H29NO2/c1-3-9-19-10-5-7-15-11-16-14(12-17(15)19)6-4-8-18(16)21-13(2)20/h15,17-18H,3-12H2,1-2H3. The van der Waals surface area contributed by atoms with Gasteiger partial charge in [0.05, 0.1) is 0 Å². The molecular weight excluding hydrogens is 262 g/mol. The molecule has 3 unspecified atom stereocenters. The smallest absolute Gasteiger partial charge is 0.303 e. The fourth-order valence-corrected chi connectivity index (χ4v) is 4.75. The lowest BCUT2D eigenvalue weighted by atomic mass is 9.70. The van der Waals surface area contributed by atoms with Gasteiger partial charge in [0.15, 0.2) is 0 Å². The number of piperidine rings is 1. The summed E-state index contributed by atoms with van der Waals surface area (Å²) < 4.78 is 5.60. The van der Waals surface area contributed by atoms with Gasteiger partial charge in [-0.1, -0.05) is 12.5 Å². The topological polar surface area (TPSA) is 29.5 Å². The predicted molar refractivity (Wildman–Crippen MR) is 84.0 cm³/mol. The number of hydrogen-bond acceptors (Lipinski definition) is 3. The maximum atomic E-state index is 11.4. The van der Waals surface area contributed by atoms with E-state index < -0.39 is 0 Å². The van der Waals surface area contributed by atoms with E-state index in [0.717, 1.165) is 18.4 Å². The van der Waals surface area contributed by atoms with Gasteiger partial charge in [0.25, 0.3) is 0 Å². The number of hydrogen-bond donors (Lipinski definition) is 0. The van der Waals surface area contributed by atoms with E-state index in [1.807, 2.05) is 0 Å². The summed E-state index contributed by atoms with van der Waals surface area (Å²) in [4.78, 5) is 14.1. The monoisotopic (exact) mass is 291 g/mol. The molecule has 1 saturated heterocycles. The molecule has 0 aromatic rings. The summed E-state index contributed by atoms with van der Waals surface area (Å²) in [5.74, 6) is 0.673. The van der Waals surface area contributed by atoms with Gasteiger partial charge < -0.3 is 4.74 Å². The minimum absolute atomic E-state index is 0.0914. The third kappa shape index (κ3) is 3.18. The van der Waals surface area contributed by atoms with E-state index in [1.165, 1.54) is 63.6 Å². The molecule has 1 fully saturated rings. The van der Waals surface area contributed by atoms with Gasteiger partial charge in [-0.25, -0.2) is 0 Å². The molecule has 0 bridgehead atoms. The highest BCUT2D eigenvalue weighted by atomic mass is 16.5. The van der Waals surface area contributed by atoms with E-state index in [4.69, 9.17) is 4.74 Å². The first-order valence-corrected chi connectivity index (χ1v) is 8.81. The second-order valence-electron chi connectivity index (χ2n) is 7.03. The van der Waals surface area contributed by atoms with Crippen molar-refractivity contribution in [2.24, 2.45) is 5.92 Å². The van der Waals surface area contributed by atoms with Gasteiger partial charge in [-0.2, -0.15) is 0 Å². The number of likely N-dealkylation sites (tertiary alicyclic amines) is 1. The Morgan fingerprint density at radius 3 is 2.90 bits per heavy atom. The lowest BCUT2D eigenvalue weighted by molar-refractivity contribution is -0.145. The van der Waals surface area contributed by atoms with Crippen LogP contribution in [0.3, 0.4) is 0 Å². The van der Waals surface area contributed by atoms with Gasteiger partial charge >= 0.3 is 5.97 Å². The summed E-state index contributed by atoms with van der Waals surface area (Å²) in [5.41, 5.74) is 3.12. The molecule has 21 heavy (non-hydrogen) atoms. The largest absolute Gasteiger partial charge is 0.458 e. The van der Waals surface area contributed by atoms with Crippen molar-refractivity contribution < 1.29 is 9.53 Å². The van der Waals surface area contributed by atoms with E-state index >= 15 is 0 Å². The Morgan fingerprint density at radius 1 is 1.29 bits per heavy atom. The normalized spacial score (nSPS) is 33.3. The molecule has 0 amide bonds. The number of carbonyl (C=O) groups excluding carboxylic acids is 1. The number of rotatable bonds is 3. The highest BCUT2D eigenvalue weighted by molar-refractivity contribution is 5.66. The van der Waals surface area contributed by atoms with Crippen molar-refractivity contribution >= 4 is 5.97 Å². The molecule has 1 aliphatic heterocycles. The molecule has 3 aliphatic rings. The fourth-order valence-electron chi connectivity index (χ4n) is 4.75. The number of fused-ring (bicyclic) bond motifs is 1. The van der Waals surface area contributed by atoms with Crippen molar-refractivity contribution in [2.45, 2.75) is 77.4 Å². The molecule has 0 radical (unpaired) electrons. The van der Waals surface area contributed by atoms with Crippen LogP contribution >= 0.6 is 0 Å². The molecule has 3 heteroatoms. The molecule has 118 valence electrons. The molecule has 1 heterocycles. The summed E-state index contributed by atoms with van der Waals surface area (Å²) in [5, 5.41) is 0. The van der Waals surface area contributed by atoms with Gasteiger partial charge in [-0.3, -0.25) is 9.69 Å². The van der Waals surface area contributed by atoms with Gasteiger partial charge in [-0.05, 0) is 75.9 Å². The third-order valence-electron chi connectivity index (χ3n) is 5.58. The Kier molecular flexibility index (Phi) is 4.68. The van der Waals surface area contributed by atoms with Crippen LogP contribution in [0.15, 0.2) is 11.1 Å². The van der Waals surface area contributed by atoms with Gasteiger partial charge in [0, 0.05) is 13.0 Å². The van der Waals surface area contributed by atoms with Crippen LogP contribution in [0.5, 0.6) is 0 Å². The van der Waals surface area contributed by atoms with E-state index in [9.17, 15) is 4.79 Å². The molecule has 0 N–H and O–H groups in total. The quantitative estimate of drug-likeness (QED) is 0.587. The molecule has 0 aromatic carbocycles. The molecule has 3 rings (SSSR count). The maximum absolute atomic E-state index is 11.4. The maximum Gasteiger partial charge on any atom is 0.303 e. The molecule has 0 saturated carbocycles. The summed E-state index contributed by atoms with van der Waals surface area (Å²) in [7, 11) is 0. The zero-order valence-corrected chi connectivity index (χ0v) is 13.6. The molecule has 3 atom stereocenters. The Bertz CT molecular complexity index is 427. The highest BCUT2D eigenvalue weighted by Crippen LogP contribution is 2.44. The van der Waals surface area contributed by atoms with Gasteiger partial charge in [0.1, 0.15) is 6.10 Å². The van der Waals surface area contributed by atoms with Crippen LogP contribution in [0, 0.1) is 5.92 Å². The number of carbonyl (C=O) groups is 1. The van der Waals surface area contributed by atoms with Crippen LogP contribution in [0.2, 0.25) is 0 Å². The van der Waals surface area contributed by atoms with Crippen LogP contribution in [-0.4, -0.2) is 36.1 Å². The zero-order valence-electron chi connectivity index (χ0n) is 13.6. The molecular formula is C18H29NO2. The Morgan fingerprint density at radius 2 is 2.14 bits per heavy atom. The number of esters is 1. The average molecular weight is 291 g/mol. The number of nitrogens with zero attached hydrogens (tertiary/aromatic N) is 1. The fraction of sp³-hybridized carbons (Fsp3) is 0.833. The lowest BCUT2D eigenvalue weighted by Gasteiger charge is -2.47. The first-order chi connectivity index (χ1) is 10.2. The number of ether oxygens (including phenoxy) is 1. The van der Waals surface area contributed by atoms with Crippen molar-refractivity contribution in [3.63, 3.8) is 0 Å². The second kappa shape index (κ2) is 6.51. The van der Waals surface area contributed by atoms with Crippen molar-refractivity contribution in [1.82, 2.24) is 4.90 Å². The van der Waals surface area contributed by atoms with Crippen molar-refractivity contribution in [2.75, 3.05) is 13.1 Å². The van der Waals surface area contributed by atoms with E-state index in [1.54, 1.807) is 12.5 Å². The third-order valence-corrected chi connectivity index (χ3v) is 5.58. The second-order valence-corrected chi connectivity index (χ2v) is 7.03. The summed E-state index contributed by atoms with van der Waals surface area (Å²) in [6.45, 7) is 6.36. The lowest BCUT2D eigenvalue weighted by Crippen LogP contribution is -2.48. The zero-order chi connectivity index (χ0) is 14.8. The molecule has 2 aliphatic carbocycles. The van der Waals surface area contributed by atoms with Gasteiger partial charge in [-0.15, -0.1) is 0 Å². The molecule has 3 nitrogen and oxygen atoms in total. The van der Waals surface area contributed by atoms with Crippen molar-refractivity contribution in [3.8, 4) is 0 Å². The van der Waals surface area contributed by atoms with E-state index in [2.05, 4.69) is 11.8 Å². The van der Waals surface area contributed by atoms with Crippen LogP contribution in [0.1, 0.15) is 65.2 Å². The Hall–Kier alpha value is -0.830. The first kappa shape index (κ1) is 15.1. The SMILES string of the molecule is CCCN1CCCC2CC3=C(CCCC3OC(C)=O)CC21. The minimum atomic E-state index is -0.118. The molecule has 0 spiro atoms. The molecule has 0 aromatic heterocycles. The predicted octanol–water partition coefficient (Wildman–Crippen LogP) is 3.68. The van der Waals surface area contributed by atoms with Crippen LogP contribution < -0.4 is 0 Å². The summed E-state index contributed by atoms with van der Waals surface area (Å²) in [6, 6.07) is 0.758. The Balaban J connectivity index is 1.78. The minimum Gasteiger partial charge on any atom is -0.458 e. The summed E-state index contributed by atoms with van der Waals surface area (Å²) in [6.07, 6.45) is 9.90. The van der Waals surface area contributed by atoms with Crippen LogP contribution in [0.4, 0.5) is 0 Å². The van der Waals surface area contributed by atoms with E-state index in [0.29, 0.717) is 0 Å². The van der Waals surface area contributed by atoms with Gasteiger partial charge in [0.2, 0.25) is 0 Å². The Labute approximate surface area is 128 Å². The average Bonchev–Trinajstić information content (AvgIpc) is 2.46. The van der Waals surface area contributed by atoms with Crippen molar-refractivity contribution in [3.05, 3.63) is 11.1 Å². The van der Waals surface area contributed by atoms with Crippen molar-refractivity contribution in [1.29, 1.82) is 0 Å². The first-order valence-electron chi connectivity index (χ1n) is 8.81. The van der Waals surface area contributed by atoms with Crippen LogP contribution in [0.25, 0.3) is 0 Å². The van der Waals surface area contributed by atoms with E-state index in [-0.39, 0.29) is 12.1 Å².